The third kappa shape index (κ3) is 3.62. The van der Waals surface area contributed by atoms with Gasteiger partial charge in [0.05, 0.1) is 27.6 Å². The number of nitrogens with zero attached hydrogens (tertiary/aromatic N) is 3. The first-order valence-electron chi connectivity index (χ1n) is 17.5. The lowest BCUT2D eigenvalue weighted by Gasteiger charge is -2.17. The van der Waals surface area contributed by atoms with Crippen molar-refractivity contribution in [1.29, 1.82) is 0 Å². The molecular weight excluding hydrogens is 619 g/mol. The second kappa shape index (κ2) is 9.87. The van der Waals surface area contributed by atoms with E-state index in [0.29, 0.717) is 0 Å². The van der Waals surface area contributed by atoms with Crippen molar-refractivity contribution in [2.75, 3.05) is 0 Å². The maximum Gasteiger partial charge on any atom is 0.0970 e. The Bertz CT molecular complexity index is 3430. The topological polar surface area (TPSA) is 30.2 Å². The minimum Gasteiger partial charge on any atom is -0.308 e. The number of pyridine rings is 3. The fourth-order valence-corrected chi connectivity index (χ4v) is 8.97. The van der Waals surface area contributed by atoms with Crippen molar-refractivity contribution >= 4 is 92.2 Å². The van der Waals surface area contributed by atoms with Crippen LogP contribution in [0.5, 0.6) is 0 Å². The van der Waals surface area contributed by atoms with E-state index in [4.69, 9.17) is 9.97 Å². The third-order valence-corrected chi connectivity index (χ3v) is 11.1. The Balaban J connectivity index is 1.24. The molecule has 234 valence electrons. The van der Waals surface area contributed by atoms with Gasteiger partial charge in [-0.3, -0.25) is 9.97 Å². The van der Waals surface area contributed by atoms with E-state index >= 15 is 0 Å². The van der Waals surface area contributed by atoms with E-state index < -0.39 is 0 Å². The van der Waals surface area contributed by atoms with Gasteiger partial charge in [-0.2, -0.15) is 0 Å². The van der Waals surface area contributed by atoms with Gasteiger partial charge in [0.2, 0.25) is 0 Å². The van der Waals surface area contributed by atoms with Crippen molar-refractivity contribution in [2.24, 2.45) is 0 Å². The maximum atomic E-state index is 4.85. The van der Waals surface area contributed by atoms with Gasteiger partial charge in [-0.15, -0.1) is 0 Å². The SMILES string of the molecule is c1ccc2c(c1)ccc1c(-c3cc4cccc5c4c(c3)c3cc(-c4ccnc6c4ccc4cccnc46)cc4c6ccccc6n5c34)cccc12. The number of para-hydroxylation sites is 1. The number of hydrogen-bond donors (Lipinski definition) is 0. The number of aromatic nitrogens is 3. The van der Waals surface area contributed by atoms with E-state index in [0.717, 1.165) is 27.4 Å². The predicted molar refractivity (Wildman–Crippen MR) is 215 cm³/mol. The standard InChI is InChI=1S/C48H27N3/c1-2-11-33-28(8-1)17-19-37-34(13-6-14-36(33)37)31-24-30-9-5-16-44-45(30)40(25-31)42-27-32(26-41-38-12-3-4-15-43(38)51(44)48(41)42)35-21-23-50-47-39(35)20-18-29-10-7-22-49-46(29)47/h1-27H. The zero-order valence-electron chi connectivity index (χ0n) is 27.4. The summed E-state index contributed by atoms with van der Waals surface area (Å²) in [6, 6.07) is 55.9. The van der Waals surface area contributed by atoms with Gasteiger partial charge in [-0.1, -0.05) is 103 Å². The zero-order valence-corrected chi connectivity index (χ0v) is 27.4. The van der Waals surface area contributed by atoms with E-state index in [1.165, 1.54) is 87.1 Å². The molecule has 0 amide bonds. The second-order valence-electron chi connectivity index (χ2n) is 13.8. The molecular formula is C48H27N3. The highest BCUT2D eigenvalue weighted by Crippen LogP contribution is 2.45. The second-order valence-corrected chi connectivity index (χ2v) is 13.8. The molecule has 0 unspecified atom stereocenters. The zero-order chi connectivity index (χ0) is 33.2. The van der Waals surface area contributed by atoms with Crippen LogP contribution in [0, 0.1) is 0 Å². The fourth-order valence-electron chi connectivity index (χ4n) is 8.97. The minimum atomic E-state index is 0.931. The molecule has 51 heavy (non-hydrogen) atoms. The van der Waals surface area contributed by atoms with Crippen LogP contribution < -0.4 is 0 Å². The lowest BCUT2D eigenvalue weighted by atomic mass is 9.90. The fraction of sp³-hybridized carbons (Fsp3) is 0. The van der Waals surface area contributed by atoms with E-state index in [1.807, 2.05) is 18.5 Å². The molecule has 0 aliphatic carbocycles. The van der Waals surface area contributed by atoms with Gasteiger partial charge in [-0.25, -0.2) is 0 Å². The molecule has 12 aromatic rings. The molecule has 8 aromatic carbocycles. The molecule has 0 bridgehead atoms. The Morgan fingerprint density at radius 3 is 1.98 bits per heavy atom. The molecule has 4 aromatic heterocycles. The van der Waals surface area contributed by atoms with Crippen molar-refractivity contribution in [3.8, 4) is 22.3 Å². The number of fused-ring (bicyclic) bond motifs is 11. The molecule has 0 aliphatic heterocycles. The molecule has 0 fully saturated rings. The lowest BCUT2D eigenvalue weighted by Crippen LogP contribution is -1.94. The summed E-state index contributed by atoms with van der Waals surface area (Å²) < 4.78 is 2.49. The minimum absolute atomic E-state index is 0.931. The molecule has 0 saturated carbocycles. The summed E-state index contributed by atoms with van der Waals surface area (Å²) in [7, 11) is 0. The summed E-state index contributed by atoms with van der Waals surface area (Å²) in [6.45, 7) is 0. The van der Waals surface area contributed by atoms with Crippen LogP contribution >= 0.6 is 0 Å². The Hall–Kier alpha value is -6.84. The monoisotopic (exact) mass is 645 g/mol. The van der Waals surface area contributed by atoms with Gasteiger partial charge < -0.3 is 4.40 Å². The van der Waals surface area contributed by atoms with E-state index in [1.54, 1.807) is 0 Å². The van der Waals surface area contributed by atoms with Crippen LogP contribution in [0.3, 0.4) is 0 Å². The van der Waals surface area contributed by atoms with E-state index in [-0.39, 0.29) is 0 Å². The first kappa shape index (κ1) is 27.0. The molecule has 0 radical (unpaired) electrons. The van der Waals surface area contributed by atoms with Crippen molar-refractivity contribution in [2.45, 2.75) is 0 Å². The first-order chi connectivity index (χ1) is 25.3. The van der Waals surface area contributed by atoms with E-state index in [9.17, 15) is 0 Å². The average Bonchev–Trinajstić information content (AvgIpc) is 3.53. The number of rotatable bonds is 2. The van der Waals surface area contributed by atoms with Gasteiger partial charge >= 0.3 is 0 Å². The van der Waals surface area contributed by atoms with Crippen LogP contribution in [-0.4, -0.2) is 14.4 Å². The lowest BCUT2D eigenvalue weighted by molar-refractivity contribution is 1.35. The van der Waals surface area contributed by atoms with Crippen molar-refractivity contribution in [3.63, 3.8) is 0 Å². The number of hydrogen-bond acceptors (Lipinski definition) is 2. The van der Waals surface area contributed by atoms with Crippen molar-refractivity contribution < 1.29 is 0 Å². The predicted octanol–water partition coefficient (Wildman–Crippen LogP) is 12.7. The maximum absolute atomic E-state index is 4.85. The van der Waals surface area contributed by atoms with Crippen molar-refractivity contribution in [1.82, 2.24) is 14.4 Å². The Morgan fingerprint density at radius 2 is 1.02 bits per heavy atom. The largest absolute Gasteiger partial charge is 0.308 e. The average molecular weight is 646 g/mol. The highest BCUT2D eigenvalue weighted by Gasteiger charge is 2.21. The Morgan fingerprint density at radius 1 is 0.353 bits per heavy atom. The van der Waals surface area contributed by atoms with Crippen LogP contribution in [0.2, 0.25) is 0 Å². The highest BCUT2D eigenvalue weighted by molar-refractivity contribution is 6.29. The molecule has 0 spiro atoms. The Labute approximate surface area is 292 Å². The summed E-state index contributed by atoms with van der Waals surface area (Å²) in [5, 5.41) is 14.9. The summed E-state index contributed by atoms with van der Waals surface area (Å²) in [5.74, 6) is 0. The van der Waals surface area contributed by atoms with Crippen LogP contribution in [0.4, 0.5) is 0 Å². The summed E-state index contributed by atoms with van der Waals surface area (Å²) >= 11 is 0. The van der Waals surface area contributed by atoms with Crippen LogP contribution in [-0.2, 0) is 0 Å². The van der Waals surface area contributed by atoms with E-state index in [2.05, 4.69) is 150 Å². The molecule has 3 nitrogen and oxygen atoms in total. The molecule has 12 rings (SSSR count). The Kier molecular flexibility index (Phi) is 5.23. The highest BCUT2D eigenvalue weighted by atomic mass is 14.9. The smallest absolute Gasteiger partial charge is 0.0970 e. The number of benzene rings is 8. The quantitative estimate of drug-likeness (QED) is 0.138. The molecule has 3 heteroatoms. The van der Waals surface area contributed by atoms with Gasteiger partial charge in [0.25, 0.3) is 0 Å². The van der Waals surface area contributed by atoms with Gasteiger partial charge in [0, 0.05) is 44.7 Å². The third-order valence-electron chi connectivity index (χ3n) is 11.1. The van der Waals surface area contributed by atoms with Gasteiger partial charge in [-0.05, 0) is 103 Å². The summed E-state index contributed by atoms with van der Waals surface area (Å²) in [5.41, 5.74) is 10.4. The summed E-state index contributed by atoms with van der Waals surface area (Å²) in [4.78, 5) is 9.59. The molecule has 0 N–H and O–H groups in total. The summed E-state index contributed by atoms with van der Waals surface area (Å²) in [6.07, 6.45) is 3.79. The van der Waals surface area contributed by atoms with Gasteiger partial charge in [0.1, 0.15) is 0 Å². The van der Waals surface area contributed by atoms with Gasteiger partial charge in [0.15, 0.2) is 0 Å². The van der Waals surface area contributed by atoms with Crippen LogP contribution in [0.25, 0.3) is 114 Å². The first-order valence-corrected chi connectivity index (χ1v) is 17.5. The van der Waals surface area contributed by atoms with Crippen molar-refractivity contribution in [3.05, 3.63) is 164 Å². The molecule has 0 atom stereocenters. The van der Waals surface area contributed by atoms with Crippen LogP contribution in [0.1, 0.15) is 0 Å². The molecule has 0 saturated heterocycles. The van der Waals surface area contributed by atoms with Crippen LogP contribution in [0.15, 0.2) is 164 Å². The molecule has 0 aliphatic rings. The normalized spacial score (nSPS) is 12.3. The molecule has 4 heterocycles.